The Morgan fingerprint density at radius 3 is 2.65 bits per heavy atom. The molecule has 0 saturated carbocycles. The summed E-state index contributed by atoms with van der Waals surface area (Å²) >= 11 is 8.82. The Balaban J connectivity index is 2.33. The van der Waals surface area contributed by atoms with Crippen molar-refractivity contribution in [3.63, 3.8) is 0 Å². The van der Waals surface area contributed by atoms with Crippen LogP contribution in [-0.4, -0.2) is 5.91 Å². The fraction of sp³-hybridized carbons (Fsp3) is 0. The third-order valence-electron chi connectivity index (χ3n) is 2.53. The highest BCUT2D eigenvalue weighted by atomic mass is 79.9. The number of nitrogens with one attached hydrogen (secondary N) is 1. The molecule has 20 heavy (non-hydrogen) atoms. The highest BCUT2D eigenvalue weighted by Crippen LogP contribution is 2.27. The van der Waals surface area contributed by atoms with Crippen molar-refractivity contribution in [2.75, 3.05) is 11.1 Å². The Labute approximate surface area is 126 Å². The maximum absolute atomic E-state index is 13.6. The molecule has 0 aromatic heterocycles. The summed E-state index contributed by atoms with van der Waals surface area (Å²) in [5, 5.41) is 2.39. The smallest absolute Gasteiger partial charge is 0.257 e. The van der Waals surface area contributed by atoms with E-state index >= 15 is 0 Å². The zero-order chi connectivity index (χ0) is 14.9. The summed E-state index contributed by atoms with van der Waals surface area (Å²) in [6.07, 6.45) is 0. The monoisotopic (exact) mass is 360 g/mol. The Morgan fingerprint density at radius 2 is 1.95 bits per heavy atom. The molecular formula is C13H8BrClF2N2O. The lowest BCUT2D eigenvalue weighted by atomic mass is 10.2. The molecule has 0 aliphatic heterocycles. The van der Waals surface area contributed by atoms with Crippen LogP contribution >= 0.6 is 27.5 Å². The molecule has 1 amide bonds. The van der Waals surface area contributed by atoms with Gasteiger partial charge in [0.05, 0.1) is 26.4 Å². The third-order valence-corrected chi connectivity index (χ3v) is 3.56. The molecule has 2 rings (SSSR count). The maximum atomic E-state index is 13.6. The van der Waals surface area contributed by atoms with Crippen LogP contribution in [0.3, 0.4) is 0 Å². The molecule has 2 aromatic carbocycles. The highest BCUT2D eigenvalue weighted by Gasteiger charge is 2.15. The number of carbonyl (C=O) groups is 1. The summed E-state index contributed by atoms with van der Waals surface area (Å²) in [5.41, 5.74) is 5.76. The van der Waals surface area contributed by atoms with Crippen molar-refractivity contribution in [2.45, 2.75) is 0 Å². The van der Waals surface area contributed by atoms with Crippen molar-refractivity contribution in [1.82, 2.24) is 0 Å². The number of amides is 1. The number of benzene rings is 2. The van der Waals surface area contributed by atoms with Gasteiger partial charge in [-0.1, -0.05) is 17.7 Å². The van der Waals surface area contributed by atoms with E-state index in [9.17, 15) is 13.6 Å². The van der Waals surface area contributed by atoms with Gasteiger partial charge < -0.3 is 11.1 Å². The minimum Gasteiger partial charge on any atom is -0.398 e. The van der Waals surface area contributed by atoms with Gasteiger partial charge in [0.25, 0.3) is 5.91 Å². The molecule has 104 valence electrons. The SMILES string of the molecule is Nc1cccc(C(=O)Nc2cc(Br)c(F)cc2F)c1Cl. The van der Waals surface area contributed by atoms with Crippen molar-refractivity contribution in [1.29, 1.82) is 0 Å². The van der Waals surface area contributed by atoms with Crippen LogP contribution in [-0.2, 0) is 0 Å². The summed E-state index contributed by atoms with van der Waals surface area (Å²) in [6.45, 7) is 0. The van der Waals surface area contributed by atoms with Gasteiger partial charge >= 0.3 is 0 Å². The van der Waals surface area contributed by atoms with Crippen molar-refractivity contribution >= 4 is 44.8 Å². The zero-order valence-corrected chi connectivity index (χ0v) is 12.2. The first-order chi connectivity index (χ1) is 9.40. The van der Waals surface area contributed by atoms with Crippen molar-refractivity contribution in [3.8, 4) is 0 Å². The predicted octanol–water partition coefficient (Wildman–Crippen LogP) is 4.22. The lowest BCUT2D eigenvalue weighted by molar-refractivity contribution is 0.102. The molecule has 3 nitrogen and oxygen atoms in total. The van der Waals surface area contributed by atoms with E-state index in [-0.39, 0.29) is 26.4 Å². The summed E-state index contributed by atoms with van der Waals surface area (Å²) in [5.74, 6) is -2.29. The minimum atomic E-state index is -0.890. The Hall–Kier alpha value is -1.66. The number of nitrogens with two attached hydrogens (primary N) is 1. The molecule has 3 N–H and O–H groups in total. The molecule has 7 heteroatoms. The number of halogens is 4. The number of anilines is 2. The molecule has 0 spiro atoms. The van der Waals surface area contributed by atoms with E-state index in [1.165, 1.54) is 12.1 Å². The molecule has 0 aliphatic rings. The molecule has 0 atom stereocenters. The quantitative estimate of drug-likeness (QED) is 0.622. The minimum absolute atomic E-state index is 0.0351. The van der Waals surface area contributed by atoms with Gasteiger partial charge in [-0.3, -0.25) is 4.79 Å². The first-order valence-electron chi connectivity index (χ1n) is 5.40. The second-order valence-electron chi connectivity index (χ2n) is 3.91. The zero-order valence-electron chi connectivity index (χ0n) is 9.88. The maximum Gasteiger partial charge on any atom is 0.257 e. The van der Waals surface area contributed by atoms with Gasteiger partial charge in [-0.25, -0.2) is 8.78 Å². The number of hydrogen-bond acceptors (Lipinski definition) is 2. The normalized spacial score (nSPS) is 10.4. The van der Waals surface area contributed by atoms with Crippen LogP contribution in [0, 0.1) is 11.6 Å². The van der Waals surface area contributed by atoms with E-state index in [2.05, 4.69) is 21.2 Å². The van der Waals surface area contributed by atoms with E-state index in [1.807, 2.05) is 0 Å². The van der Waals surface area contributed by atoms with Crippen LogP contribution < -0.4 is 11.1 Å². The van der Waals surface area contributed by atoms with E-state index in [0.717, 1.165) is 6.07 Å². The number of rotatable bonds is 2. The summed E-state index contributed by atoms with van der Waals surface area (Å²) in [6, 6.07) is 6.33. The number of nitrogen functional groups attached to an aromatic ring is 1. The van der Waals surface area contributed by atoms with Crippen LogP contribution in [0.25, 0.3) is 0 Å². The van der Waals surface area contributed by atoms with Gasteiger partial charge in [0, 0.05) is 6.07 Å². The Kier molecular flexibility index (Phi) is 4.25. The molecule has 0 aliphatic carbocycles. The number of carbonyl (C=O) groups excluding carboxylic acids is 1. The average Bonchev–Trinajstić information content (AvgIpc) is 2.39. The molecule has 0 fully saturated rings. The van der Waals surface area contributed by atoms with Gasteiger partial charge in [0.1, 0.15) is 11.6 Å². The van der Waals surface area contributed by atoms with E-state index in [4.69, 9.17) is 17.3 Å². The molecule has 0 radical (unpaired) electrons. The average molecular weight is 362 g/mol. The second-order valence-corrected chi connectivity index (χ2v) is 5.14. The van der Waals surface area contributed by atoms with Crippen molar-refractivity contribution in [3.05, 3.63) is 57.0 Å². The molecule has 0 unspecified atom stereocenters. The highest BCUT2D eigenvalue weighted by molar-refractivity contribution is 9.10. The van der Waals surface area contributed by atoms with Gasteiger partial charge in [-0.2, -0.15) is 0 Å². The standard InChI is InChI=1S/C13H8BrClF2N2O/c14-7-4-11(9(17)5-8(7)16)19-13(20)6-2-1-3-10(18)12(6)15/h1-5H,18H2,(H,19,20). The second kappa shape index (κ2) is 5.76. The lowest BCUT2D eigenvalue weighted by Gasteiger charge is -2.09. The van der Waals surface area contributed by atoms with E-state index < -0.39 is 17.5 Å². The molecule has 0 bridgehead atoms. The number of hydrogen-bond donors (Lipinski definition) is 2. The van der Waals surface area contributed by atoms with Crippen molar-refractivity contribution < 1.29 is 13.6 Å². The van der Waals surface area contributed by atoms with Gasteiger partial charge in [0.15, 0.2) is 0 Å². The molecule has 0 saturated heterocycles. The molecule has 2 aromatic rings. The Morgan fingerprint density at radius 1 is 1.25 bits per heavy atom. The van der Waals surface area contributed by atoms with Gasteiger partial charge in [-0.15, -0.1) is 0 Å². The fourth-order valence-electron chi connectivity index (χ4n) is 1.53. The third kappa shape index (κ3) is 2.91. The molecular weight excluding hydrogens is 354 g/mol. The Bertz CT molecular complexity index is 694. The largest absolute Gasteiger partial charge is 0.398 e. The van der Waals surface area contributed by atoms with Crippen LogP contribution in [0.1, 0.15) is 10.4 Å². The van der Waals surface area contributed by atoms with E-state index in [1.54, 1.807) is 6.07 Å². The first kappa shape index (κ1) is 14.7. The van der Waals surface area contributed by atoms with Crippen LogP contribution in [0.15, 0.2) is 34.8 Å². The summed E-state index contributed by atoms with van der Waals surface area (Å²) in [4.78, 5) is 12.0. The topological polar surface area (TPSA) is 55.1 Å². The van der Waals surface area contributed by atoms with Crippen LogP contribution in [0.4, 0.5) is 20.2 Å². The first-order valence-corrected chi connectivity index (χ1v) is 6.57. The van der Waals surface area contributed by atoms with Gasteiger partial charge in [-0.05, 0) is 34.1 Å². The van der Waals surface area contributed by atoms with Crippen LogP contribution in [0.2, 0.25) is 5.02 Å². The van der Waals surface area contributed by atoms with E-state index in [0.29, 0.717) is 6.07 Å². The summed E-state index contributed by atoms with van der Waals surface area (Å²) < 4.78 is 26.7. The lowest BCUT2D eigenvalue weighted by Crippen LogP contribution is -2.14. The van der Waals surface area contributed by atoms with Gasteiger partial charge in [0.2, 0.25) is 0 Å². The fourth-order valence-corrected chi connectivity index (χ4v) is 2.09. The predicted molar refractivity (Wildman–Crippen MR) is 77.9 cm³/mol. The van der Waals surface area contributed by atoms with Crippen LogP contribution in [0.5, 0.6) is 0 Å². The van der Waals surface area contributed by atoms with Crippen molar-refractivity contribution in [2.24, 2.45) is 0 Å². The molecule has 0 heterocycles. The summed E-state index contributed by atoms with van der Waals surface area (Å²) in [7, 11) is 0.